The van der Waals surface area contributed by atoms with Gasteiger partial charge in [0.25, 0.3) is 0 Å². The van der Waals surface area contributed by atoms with Gasteiger partial charge >= 0.3 is 5.97 Å². The summed E-state index contributed by atoms with van der Waals surface area (Å²) in [6.45, 7) is 0. The molecule has 1 aromatic heterocycles. The molecule has 0 unspecified atom stereocenters. The van der Waals surface area contributed by atoms with Gasteiger partial charge in [0.15, 0.2) is 11.6 Å². The van der Waals surface area contributed by atoms with E-state index >= 15 is 0 Å². The van der Waals surface area contributed by atoms with Gasteiger partial charge in [-0.25, -0.2) is 4.79 Å². The molecule has 0 amide bonds. The summed E-state index contributed by atoms with van der Waals surface area (Å²) in [5, 5.41) is 17.1. The molecule has 0 fully saturated rings. The minimum Gasteiger partial charge on any atom is -0.478 e. The van der Waals surface area contributed by atoms with E-state index in [9.17, 15) is 4.79 Å². The van der Waals surface area contributed by atoms with Crippen LogP contribution in [0.4, 0.5) is 0 Å². The minimum atomic E-state index is -1.06. The molecular weight excluding hydrogens is 277 g/mol. The van der Waals surface area contributed by atoms with Crippen molar-refractivity contribution >= 4 is 35.2 Å². The van der Waals surface area contributed by atoms with Gasteiger partial charge in [0.1, 0.15) is 0 Å². The molecule has 0 aliphatic heterocycles. The monoisotopic (exact) mass is 283 g/mol. The summed E-state index contributed by atoms with van der Waals surface area (Å²) < 4.78 is 0. The number of aromatic nitrogens is 3. The highest BCUT2D eigenvalue weighted by Crippen LogP contribution is 2.24. The first-order valence-electron chi connectivity index (χ1n) is 4.85. The number of aliphatic carboxylic acids is 1. The summed E-state index contributed by atoms with van der Waals surface area (Å²) in [5.41, 5.74) is 0.676. The van der Waals surface area contributed by atoms with E-state index in [2.05, 4.69) is 15.2 Å². The fourth-order valence-corrected chi connectivity index (χ4v) is 1.85. The second-order valence-corrected chi connectivity index (χ2v) is 4.26. The number of aromatic amines is 1. The van der Waals surface area contributed by atoms with E-state index < -0.39 is 5.97 Å². The van der Waals surface area contributed by atoms with Crippen molar-refractivity contribution in [3.05, 3.63) is 40.1 Å². The van der Waals surface area contributed by atoms with Crippen molar-refractivity contribution in [2.75, 3.05) is 0 Å². The molecule has 0 aliphatic carbocycles. The molecule has 0 saturated heterocycles. The van der Waals surface area contributed by atoms with Crippen molar-refractivity contribution in [2.24, 2.45) is 0 Å². The number of nitrogens with zero attached hydrogens (tertiary/aromatic N) is 2. The zero-order valence-electron chi connectivity index (χ0n) is 8.89. The molecule has 92 valence electrons. The van der Waals surface area contributed by atoms with Crippen molar-refractivity contribution in [1.82, 2.24) is 15.2 Å². The number of halogens is 2. The van der Waals surface area contributed by atoms with Crippen molar-refractivity contribution in [1.29, 1.82) is 0 Å². The smallest absolute Gasteiger partial charge is 0.328 e. The largest absolute Gasteiger partial charge is 0.478 e. The van der Waals surface area contributed by atoms with E-state index in [4.69, 9.17) is 28.3 Å². The number of carboxylic acids is 1. The maximum atomic E-state index is 10.4. The highest BCUT2D eigenvalue weighted by Gasteiger charge is 2.06. The maximum Gasteiger partial charge on any atom is 0.328 e. The summed E-state index contributed by atoms with van der Waals surface area (Å²) in [7, 11) is 0. The van der Waals surface area contributed by atoms with E-state index in [0.717, 1.165) is 6.08 Å². The van der Waals surface area contributed by atoms with Gasteiger partial charge in [0.2, 0.25) is 0 Å². The Balaban J connectivity index is 2.32. The summed E-state index contributed by atoms with van der Waals surface area (Å²) >= 11 is 11.7. The summed E-state index contributed by atoms with van der Waals surface area (Å²) in [5.74, 6) is -0.258. The molecular formula is C11H7Cl2N3O2. The molecule has 0 saturated carbocycles. The highest BCUT2D eigenvalue weighted by atomic mass is 35.5. The Morgan fingerprint density at radius 3 is 2.50 bits per heavy atom. The first-order valence-corrected chi connectivity index (χ1v) is 5.60. The standard InChI is InChI=1S/C11H7Cl2N3O2/c12-7-3-6(4-8(13)5-7)11-14-9(15-16-11)1-2-10(17)18/h1-5H,(H,17,18)(H,14,15,16)/b2-1-. The molecule has 0 atom stereocenters. The molecule has 0 bridgehead atoms. The van der Waals surface area contributed by atoms with E-state index in [-0.39, 0.29) is 0 Å². The predicted molar refractivity (Wildman–Crippen MR) is 68.5 cm³/mol. The molecule has 18 heavy (non-hydrogen) atoms. The number of benzene rings is 1. The van der Waals surface area contributed by atoms with Gasteiger partial charge in [-0.3, -0.25) is 0 Å². The van der Waals surface area contributed by atoms with Gasteiger partial charge in [-0.1, -0.05) is 23.2 Å². The Morgan fingerprint density at radius 1 is 1.22 bits per heavy atom. The number of rotatable bonds is 3. The molecule has 0 aliphatic rings. The molecule has 2 aromatic rings. The SMILES string of the molecule is O=C(O)/C=C\c1nnc(-c2cc(Cl)cc(Cl)c2)[nH]1. The number of carboxylic acid groups (broad SMARTS) is 1. The molecule has 1 aromatic carbocycles. The first-order chi connectivity index (χ1) is 8.54. The van der Waals surface area contributed by atoms with Crippen LogP contribution in [0.15, 0.2) is 24.3 Å². The first kappa shape index (κ1) is 12.6. The van der Waals surface area contributed by atoms with E-state index in [1.165, 1.54) is 6.08 Å². The topological polar surface area (TPSA) is 78.9 Å². The van der Waals surface area contributed by atoms with Crippen molar-refractivity contribution in [3.63, 3.8) is 0 Å². The van der Waals surface area contributed by atoms with Gasteiger partial charge in [-0.05, 0) is 24.3 Å². The molecule has 0 radical (unpaired) electrons. The van der Waals surface area contributed by atoms with Crippen LogP contribution < -0.4 is 0 Å². The number of hydrogen-bond acceptors (Lipinski definition) is 3. The Labute approximate surface area is 112 Å². The third kappa shape index (κ3) is 3.09. The molecule has 2 N–H and O–H groups in total. The Hall–Kier alpha value is -1.85. The third-order valence-corrected chi connectivity index (χ3v) is 2.46. The van der Waals surface area contributed by atoms with E-state index in [0.29, 0.717) is 27.3 Å². The molecule has 1 heterocycles. The lowest BCUT2D eigenvalue weighted by atomic mass is 10.2. The summed E-state index contributed by atoms with van der Waals surface area (Å²) in [4.78, 5) is 13.2. The minimum absolute atomic E-state index is 0.337. The molecule has 7 heteroatoms. The zero-order chi connectivity index (χ0) is 13.1. The molecule has 5 nitrogen and oxygen atoms in total. The van der Waals surface area contributed by atoms with E-state index in [1.54, 1.807) is 18.2 Å². The Morgan fingerprint density at radius 2 is 1.89 bits per heavy atom. The van der Waals surface area contributed by atoms with Crippen molar-refractivity contribution in [2.45, 2.75) is 0 Å². The normalized spacial score (nSPS) is 11.0. The van der Waals surface area contributed by atoms with Crippen LogP contribution in [0.3, 0.4) is 0 Å². The second kappa shape index (κ2) is 5.20. The van der Waals surface area contributed by atoms with Crippen LogP contribution in [0.25, 0.3) is 17.5 Å². The number of H-pyrrole nitrogens is 1. The average Bonchev–Trinajstić information content (AvgIpc) is 2.73. The lowest BCUT2D eigenvalue weighted by Crippen LogP contribution is -1.86. The van der Waals surface area contributed by atoms with Crippen LogP contribution in [0.5, 0.6) is 0 Å². The highest BCUT2D eigenvalue weighted by molar-refractivity contribution is 6.35. The van der Waals surface area contributed by atoms with Crippen LogP contribution >= 0.6 is 23.2 Å². The van der Waals surface area contributed by atoms with Crippen LogP contribution in [0, 0.1) is 0 Å². The zero-order valence-corrected chi connectivity index (χ0v) is 10.4. The van der Waals surface area contributed by atoms with E-state index in [1.807, 2.05) is 0 Å². The third-order valence-electron chi connectivity index (χ3n) is 2.02. The van der Waals surface area contributed by atoms with Gasteiger partial charge in [0, 0.05) is 21.7 Å². The van der Waals surface area contributed by atoms with Gasteiger partial charge in [-0.15, -0.1) is 10.2 Å². The maximum absolute atomic E-state index is 10.4. The Bertz CT molecular complexity index is 602. The quantitative estimate of drug-likeness (QED) is 0.849. The molecule has 2 rings (SSSR count). The van der Waals surface area contributed by atoms with Crippen LogP contribution in [-0.2, 0) is 4.79 Å². The fourth-order valence-electron chi connectivity index (χ4n) is 1.32. The number of hydrogen-bond donors (Lipinski definition) is 2. The lowest BCUT2D eigenvalue weighted by molar-refractivity contribution is -0.131. The second-order valence-electron chi connectivity index (χ2n) is 3.39. The number of nitrogens with one attached hydrogen (secondary N) is 1. The number of carbonyl (C=O) groups is 1. The van der Waals surface area contributed by atoms with Gasteiger partial charge < -0.3 is 10.1 Å². The predicted octanol–water partition coefficient (Wildman–Crippen LogP) is 2.88. The van der Waals surface area contributed by atoms with Crippen LogP contribution in [0.1, 0.15) is 5.82 Å². The van der Waals surface area contributed by atoms with Gasteiger partial charge in [-0.2, -0.15) is 0 Å². The Kier molecular flexibility index (Phi) is 3.64. The fraction of sp³-hybridized carbons (Fsp3) is 0. The molecule has 0 spiro atoms. The average molecular weight is 284 g/mol. The summed E-state index contributed by atoms with van der Waals surface area (Å²) in [6.07, 6.45) is 2.28. The van der Waals surface area contributed by atoms with Gasteiger partial charge in [0.05, 0.1) is 0 Å². The van der Waals surface area contributed by atoms with Crippen molar-refractivity contribution < 1.29 is 9.90 Å². The van der Waals surface area contributed by atoms with Crippen LogP contribution in [-0.4, -0.2) is 26.3 Å². The lowest BCUT2D eigenvalue weighted by Gasteiger charge is -1.98. The summed E-state index contributed by atoms with van der Waals surface area (Å²) in [6, 6.07) is 4.96. The van der Waals surface area contributed by atoms with Crippen molar-refractivity contribution in [3.8, 4) is 11.4 Å². The van der Waals surface area contributed by atoms with Crippen LogP contribution in [0.2, 0.25) is 10.0 Å².